The molecule has 0 aliphatic heterocycles. The molecule has 2 rings (SSSR count). The summed E-state index contributed by atoms with van der Waals surface area (Å²) in [7, 11) is 1.87. The molecule has 94 valence electrons. The second-order valence-electron chi connectivity index (χ2n) is 4.01. The van der Waals surface area contributed by atoms with E-state index in [4.69, 9.17) is 4.74 Å². The van der Waals surface area contributed by atoms with E-state index < -0.39 is 6.10 Å². The molecule has 0 aromatic heterocycles. The van der Waals surface area contributed by atoms with Crippen molar-refractivity contribution in [2.75, 3.05) is 19.0 Å². The highest BCUT2D eigenvalue weighted by Crippen LogP contribution is 2.18. The summed E-state index contributed by atoms with van der Waals surface area (Å²) in [5.74, 6) is 0.754. The lowest BCUT2D eigenvalue weighted by Crippen LogP contribution is -2.09. The molecule has 3 nitrogen and oxygen atoms in total. The van der Waals surface area contributed by atoms with Crippen LogP contribution in [0.4, 0.5) is 5.69 Å². The number of rotatable bonds is 5. The van der Waals surface area contributed by atoms with Crippen LogP contribution in [0.2, 0.25) is 0 Å². The van der Waals surface area contributed by atoms with Crippen LogP contribution in [0.25, 0.3) is 0 Å². The Kier molecular flexibility index (Phi) is 4.20. The van der Waals surface area contributed by atoms with Gasteiger partial charge in [-0.2, -0.15) is 0 Å². The zero-order valence-corrected chi connectivity index (χ0v) is 10.3. The third kappa shape index (κ3) is 3.25. The fourth-order valence-electron chi connectivity index (χ4n) is 1.66. The van der Waals surface area contributed by atoms with Crippen LogP contribution in [-0.2, 0) is 0 Å². The molecule has 0 saturated carbocycles. The fraction of sp³-hybridized carbons (Fsp3) is 0.200. The molecule has 18 heavy (non-hydrogen) atoms. The van der Waals surface area contributed by atoms with Crippen molar-refractivity contribution >= 4 is 5.69 Å². The van der Waals surface area contributed by atoms with Crippen LogP contribution in [0.5, 0.6) is 5.75 Å². The van der Waals surface area contributed by atoms with Crippen LogP contribution in [0.1, 0.15) is 11.7 Å². The Morgan fingerprint density at radius 2 is 1.72 bits per heavy atom. The SMILES string of the molecule is CNc1ccc(OCC(O)c2ccccc2)cc1. The van der Waals surface area contributed by atoms with E-state index in [-0.39, 0.29) is 6.61 Å². The average Bonchev–Trinajstić information content (AvgIpc) is 2.46. The maximum Gasteiger partial charge on any atom is 0.119 e. The summed E-state index contributed by atoms with van der Waals surface area (Å²) in [5.41, 5.74) is 1.90. The molecule has 0 spiro atoms. The third-order valence-corrected chi connectivity index (χ3v) is 2.74. The molecular weight excluding hydrogens is 226 g/mol. The lowest BCUT2D eigenvalue weighted by atomic mass is 10.1. The number of benzene rings is 2. The van der Waals surface area contributed by atoms with E-state index in [0.29, 0.717) is 0 Å². The summed E-state index contributed by atoms with van der Waals surface area (Å²) in [5, 5.41) is 13.0. The highest BCUT2D eigenvalue weighted by molar-refractivity contribution is 5.45. The van der Waals surface area contributed by atoms with Gasteiger partial charge in [0.05, 0.1) is 0 Å². The van der Waals surface area contributed by atoms with Crippen molar-refractivity contribution in [1.82, 2.24) is 0 Å². The van der Waals surface area contributed by atoms with Gasteiger partial charge in [-0.25, -0.2) is 0 Å². The van der Waals surface area contributed by atoms with E-state index in [0.717, 1.165) is 17.0 Å². The lowest BCUT2D eigenvalue weighted by Gasteiger charge is -2.12. The largest absolute Gasteiger partial charge is 0.491 e. The molecule has 2 N–H and O–H groups in total. The van der Waals surface area contributed by atoms with Crippen molar-refractivity contribution in [3.63, 3.8) is 0 Å². The van der Waals surface area contributed by atoms with E-state index in [1.54, 1.807) is 0 Å². The second-order valence-corrected chi connectivity index (χ2v) is 4.01. The number of hydrogen-bond donors (Lipinski definition) is 2. The standard InChI is InChI=1S/C15H17NO2/c1-16-13-7-9-14(10-8-13)18-11-15(17)12-5-3-2-4-6-12/h2-10,15-17H,11H2,1H3. The van der Waals surface area contributed by atoms with E-state index in [2.05, 4.69) is 5.32 Å². The minimum absolute atomic E-state index is 0.253. The van der Waals surface area contributed by atoms with Gasteiger partial charge in [0.2, 0.25) is 0 Å². The number of aliphatic hydroxyl groups excluding tert-OH is 1. The van der Waals surface area contributed by atoms with Crippen molar-refractivity contribution in [2.45, 2.75) is 6.10 Å². The minimum atomic E-state index is -0.602. The van der Waals surface area contributed by atoms with E-state index >= 15 is 0 Å². The highest BCUT2D eigenvalue weighted by Gasteiger charge is 2.07. The van der Waals surface area contributed by atoms with E-state index in [1.165, 1.54) is 0 Å². The summed E-state index contributed by atoms with van der Waals surface area (Å²) in [4.78, 5) is 0. The van der Waals surface area contributed by atoms with Gasteiger partial charge >= 0.3 is 0 Å². The molecule has 2 aromatic carbocycles. The normalized spacial score (nSPS) is 11.9. The molecule has 0 saturated heterocycles. The van der Waals surface area contributed by atoms with Gasteiger partial charge in [-0.05, 0) is 29.8 Å². The molecular formula is C15H17NO2. The second kappa shape index (κ2) is 6.07. The average molecular weight is 243 g/mol. The number of hydrogen-bond acceptors (Lipinski definition) is 3. The Balaban J connectivity index is 1.91. The van der Waals surface area contributed by atoms with Crippen LogP contribution >= 0.6 is 0 Å². The van der Waals surface area contributed by atoms with E-state index in [1.807, 2.05) is 61.6 Å². The summed E-state index contributed by atoms with van der Waals surface area (Å²) < 4.78 is 5.54. The molecule has 0 aliphatic carbocycles. The zero-order chi connectivity index (χ0) is 12.8. The molecule has 1 atom stereocenters. The van der Waals surface area contributed by atoms with Gasteiger partial charge in [-0.15, -0.1) is 0 Å². The quantitative estimate of drug-likeness (QED) is 0.848. The maximum atomic E-state index is 9.95. The van der Waals surface area contributed by atoms with E-state index in [9.17, 15) is 5.11 Å². The molecule has 2 aromatic rings. The molecule has 0 amide bonds. The van der Waals surface area contributed by atoms with Gasteiger partial charge < -0.3 is 15.2 Å². The monoisotopic (exact) mass is 243 g/mol. The first-order valence-electron chi connectivity index (χ1n) is 5.93. The van der Waals surface area contributed by atoms with Crippen LogP contribution in [-0.4, -0.2) is 18.8 Å². The zero-order valence-electron chi connectivity index (χ0n) is 10.3. The molecule has 0 radical (unpaired) electrons. The summed E-state index contributed by atoms with van der Waals surface area (Å²) in [6.45, 7) is 0.253. The van der Waals surface area contributed by atoms with Gasteiger partial charge in [0.1, 0.15) is 18.5 Å². The van der Waals surface area contributed by atoms with Crippen LogP contribution in [0.3, 0.4) is 0 Å². The van der Waals surface area contributed by atoms with Gasteiger partial charge in [0, 0.05) is 12.7 Å². The highest BCUT2D eigenvalue weighted by atomic mass is 16.5. The summed E-state index contributed by atoms with van der Waals surface area (Å²) in [6.07, 6.45) is -0.602. The van der Waals surface area contributed by atoms with Gasteiger partial charge in [0.25, 0.3) is 0 Å². The van der Waals surface area contributed by atoms with Crippen molar-refractivity contribution in [2.24, 2.45) is 0 Å². The fourth-order valence-corrected chi connectivity index (χ4v) is 1.66. The summed E-state index contributed by atoms with van der Waals surface area (Å²) >= 11 is 0. The van der Waals surface area contributed by atoms with Gasteiger partial charge in [0.15, 0.2) is 0 Å². The van der Waals surface area contributed by atoms with Crippen molar-refractivity contribution in [3.8, 4) is 5.75 Å². The topological polar surface area (TPSA) is 41.5 Å². The first-order valence-corrected chi connectivity index (χ1v) is 5.93. The van der Waals surface area contributed by atoms with Crippen molar-refractivity contribution in [3.05, 3.63) is 60.2 Å². The Morgan fingerprint density at radius 1 is 1.06 bits per heavy atom. The molecule has 0 aliphatic rings. The molecule has 0 bridgehead atoms. The summed E-state index contributed by atoms with van der Waals surface area (Å²) in [6, 6.07) is 17.1. The first kappa shape index (κ1) is 12.5. The Labute approximate surface area is 107 Å². The Hall–Kier alpha value is -2.00. The molecule has 1 unspecified atom stereocenters. The maximum absolute atomic E-state index is 9.95. The van der Waals surface area contributed by atoms with Crippen LogP contribution in [0, 0.1) is 0 Å². The predicted molar refractivity (Wildman–Crippen MR) is 72.9 cm³/mol. The number of aliphatic hydroxyl groups is 1. The lowest BCUT2D eigenvalue weighted by molar-refractivity contribution is 0.108. The Morgan fingerprint density at radius 3 is 2.33 bits per heavy atom. The van der Waals surface area contributed by atoms with Gasteiger partial charge in [-0.1, -0.05) is 30.3 Å². The number of ether oxygens (including phenoxy) is 1. The van der Waals surface area contributed by atoms with Crippen molar-refractivity contribution < 1.29 is 9.84 Å². The number of nitrogens with one attached hydrogen (secondary N) is 1. The third-order valence-electron chi connectivity index (χ3n) is 2.74. The molecule has 0 heterocycles. The number of anilines is 1. The minimum Gasteiger partial charge on any atom is -0.491 e. The Bertz CT molecular complexity index is 468. The predicted octanol–water partition coefficient (Wildman–Crippen LogP) is 2.84. The van der Waals surface area contributed by atoms with Crippen LogP contribution in [0.15, 0.2) is 54.6 Å². The molecule has 0 fully saturated rings. The molecule has 3 heteroatoms. The van der Waals surface area contributed by atoms with Crippen molar-refractivity contribution in [1.29, 1.82) is 0 Å². The smallest absolute Gasteiger partial charge is 0.119 e. The van der Waals surface area contributed by atoms with Crippen LogP contribution < -0.4 is 10.1 Å². The van der Waals surface area contributed by atoms with Gasteiger partial charge in [-0.3, -0.25) is 0 Å². The first-order chi connectivity index (χ1) is 8.79.